The molecule has 3 saturated heterocycles. The van der Waals surface area contributed by atoms with Crippen molar-refractivity contribution >= 4 is 22.4 Å². The van der Waals surface area contributed by atoms with Gasteiger partial charge in [-0.15, -0.1) is 11.3 Å². The second-order valence-electron chi connectivity index (χ2n) is 7.94. The van der Waals surface area contributed by atoms with Crippen LogP contribution < -0.4 is 0 Å². The van der Waals surface area contributed by atoms with Crippen molar-refractivity contribution in [2.24, 2.45) is 5.92 Å². The second-order valence-corrected chi connectivity index (χ2v) is 8.66. The molecule has 5 heterocycles. The monoisotopic (exact) mass is 379 g/mol. The van der Waals surface area contributed by atoms with Gasteiger partial charge in [-0.25, -0.2) is 15.0 Å². The summed E-state index contributed by atoms with van der Waals surface area (Å²) < 4.78 is 0. The van der Waals surface area contributed by atoms with Crippen LogP contribution >= 0.6 is 11.3 Å². The Morgan fingerprint density at radius 3 is 2.70 bits per heavy atom. The molecule has 0 unspecified atom stereocenters. The number of piperidine rings is 1. The summed E-state index contributed by atoms with van der Waals surface area (Å²) in [6, 6.07) is 8.79. The van der Waals surface area contributed by atoms with E-state index >= 15 is 0 Å². The van der Waals surface area contributed by atoms with Gasteiger partial charge in [0, 0.05) is 44.1 Å². The zero-order chi connectivity index (χ0) is 18.2. The van der Waals surface area contributed by atoms with Crippen LogP contribution in [-0.2, 0) is 13.1 Å². The maximum Gasteiger partial charge on any atom is 0.0890 e. The molecule has 2 bridgehead atoms. The number of benzene rings is 1. The van der Waals surface area contributed by atoms with Gasteiger partial charge in [0.15, 0.2) is 0 Å². The van der Waals surface area contributed by atoms with E-state index in [1.807, 2.05) is 23.7 Å². The highest BCUT2D eigenvalue weighted by molar-refractivity contribution is 7.07. The molecule has 6 heteroatoms. The highest BCUT2D eigenvalue weighted by atomic mass is 32.1. The van der Waals surface area contributed by atoms with Crippen molar-refractivity contribution < 1.29 is 0 Å². The van der Waals surface area contributed by atoms with E-state index in [9.17, 15) is 0 Å². The molecule has 140 valence electrons. The zero-order valence-corrected chi connectivity index (χ0v) is 16.5. The average Bonchev–Trinajstić information content (AvgIpc) is 3.02. The topological polar surface area (TPSA) is 45.2 Å². The van der Waals surface area contributed by atoms with E-state index in [4.69, 9.17) is 9.97 Å². The highest BCUT2D eigenvalue weighted by Gasteiger charge is 2.35. The first-order valence-corrected chi connectivity index (χ1v) is 10.7. The molecule has 2 atom stereocenters. The Hall–Kier alpha value is -1.89. The molecule has 0 N–H and O–H groups in total. The molecule has 0 radical (unpaired) electrons. The third kappa shape index (κ3) is 3.61. The lowest BCUT2D eigenvalue weighted by Gasteiger charge is -2.36. The highest BCUT2D eigenvalue weighted by Crippen LogP contribution is 2.30. The smallest absolute Gasteiger partial charge is 0.0890 e. The number of hydrogen-bond acceptors (Lipinski definition) is 6. The molecule has 1 aromatic carbocycles. The predicted octanol–water partition coefficient (Wildman–Crippen LogP) is 3.49. The Labute approximate surface area is 164 Å². The number of hydrogen-bond donors (Lipinski definition) is 0. The first-order valence-electron chi connectivity index (χ1n) is 9.80. The Bertz CT molecular complexity index is 925. The molecular weight excluding hydrogens is 354 g/mol. The summed E-state index contributed by atoms with van der Waals surface area (Å²) in [6.45, 7) is 7.49. The van der Waals surface area contributed by atoms with E-state index in [-0.39, 0.29) is 0 Å². The summed E-state index contributed by atoms with van der Waals surface area (Å²) in [5.41, 5.74) is 7.34. The molecule has 3 aromatic rings. The first-order chi connectivity index (χ1) is 13.2. The van der Waals surface area contributed by atoms with Crippen LogP contribution in [0.3, 0.4) is 0 Å². The van der Waals surface area contributed by atoms with Crippen molar-refractivity contribution in [2.75, 3.05) is 19.6 Å². The van der Waals surface area contributed by atoms with Gasteiger partial charge >= 0.3 is 0 Å². The fourth-order valence-corrected chi connectivity index (χ4v) is 5.16. The molecule has 6 rings (SSSR count). The van der Waals surface area contributed by atoms with Crippen LogP contribution in [0, 0.1) is 12.8 Å². The fourth-order valence-electron chi connectivity index (χ4n) is 4.61. The third-order valence-corrected chi connectivity index (χ3v) is 6.60. The van der Waals surface area contributed by atoms with Gasteiger partial charge in [-0.2, -0.15) is 0 Å². The summed E-state index contributed by atoms with van der Waals surface area (Å²) in [5.74, 6) is 0.746. The van der Waals surface area contributed by atoms with E-state index < -0.39 is 0 Å². The van der Waals surface area contributed by atoms with Crippen molar-refractivity contribution in [1.82, 2.24) is 24.8 Å². The van der Waals surface area contributed by atoms with E-state index in [0.717, 1.165) is 48.0 Å². The minimum Gasteiger partial charge on any atom is -0.296 e. The number of fused-ring (bicyclic) bond motifs is 5. The minimum atomic E-state index is 0.607. The summed E-state index contributed by atoms with van der Waals surface area (Å²) >= 11 is 1.69. The van der Waals surface area contributed by atoms with Gasteiger partial charge in [0.25, 0.3) is 0 Å². The summed E-state index contributed by atoms with van der Waals surface area (Å²) in [6.07, 6.45) is 2.63. The van der Waals surface area contributed by atoms with Crippen LogP contribution in [0.2, 0.25) is 0 Å². The number of thiazole rings is 1. The van der Waals surface area contributed by atoms with E-state index in [1.165, 1.54) is 31.6 Å². The van der Waals surface area contributed by atoms with Crippen LogP contribution in [0.4, 0.5) is 0 Å². The minimum absolute atomic E-state index is 0.607. The number of aryl methyl sites for hydroxylation is 1. The number of aromatic nitrogens is 3. The molecule has 0 saturated carbocycles. The molecule has 5 nitrogen and oxygen atoms in total. The van der Waals surface area contributed by atoms with E-state index in [0.29, 0.717) is 6.04 Å². The van der Waals surface area contributed by atoms with Crippen LogP contribution in [0.25, 0.3) is 11.0 Å². The maximum absolute atomic E-state index is 4.94. The van der Waals surface area contributed by atoms with Crippen LogP contribution in [-0.4, -0.2) is 50.4 Å². The van der Waals surface area contributed by atoms with Crippen LogP contribution in [0.15, 0.2) is 35.2 Å². The molecule has 3 aliphatic rings. The van der Waals surface area contributed by atoms with Crippen LogP contribution in [0.1, 0.15) is 29.9 Å². The number of para-hydroxylation sites is 2. The van der Waals surface area contributed by atoms with Crippen molar-refractivity contribution in [2.45, 2.75) is 38.9 Å². The average molecular weight is 380 g/mol. The van der Waals surface area contributed by atoms with Gasteiger partial charge in [0.1, 0.15) is 0 Å². The van der Waals surface area contributed by atoms with Crippen molar-refractivity contribution in [3.05, 3.63) is 52.2 Å². The normalized spacial score (nSPS) is 23.7. The Kier molecular flexibility index (Phi) is 4.63. The lowest BCUT2D eigenvalue weighted by molar-refractivity contribution is 0.121. The van der Waals surface area contributed by atoms with E-state index in [2.05, 4.69) is 33.2 Å². The second kappa shape index (κ2) is 7.26. The number of rotatable bonds is 4. The van der Waals surface area contributed by atoms with Crippen molar-refractivity contribution in [3.8, 4) is 0 Å². The molecule has 3 aliphatic heterocycles. The van der Waals surface area contributed by atoms with Gasteiger partial charge in [-0.1, -0.05) is 12.1 Å². The molecule has 0 spiro atoms. The van der Waals surface area contributed by atoms with Gasteiger partial charge in [0.05, 0.1) is 33.6 Å². The fraction of sp³-hybridized carbons (Fsp3) is 0.476. The van der Waals surface area contributed by atoms with Gasteiger partial charge in [-0.3, -0.25) is 9.80 Å². The van der Waals surface area contributed by atoms with Gasteiger partial charge in [0.2, 0.25) is 0 Å². The first kappa shape index (κ1) is 17.2. The molecule has 0 amide bonds. The molecule has 2 aromatic heterocycles. The zero-order valence-electron chi connectivity index (χ0n) is 15.7. The molecule has 27 heavy (non-hydrogen) atoms. The lowest BCUT2D eigenvalue weighted by Crippen LogP contribution is -2.43. The predicted molar refractivity (Wildman–Crippen MR) is 109 cm³/mol. The summed E-state index contributed by atoms with van der Waals surface area (Å²) in [5, 5.41) is 2.18. The summed E-state index contributed by atoms with van der Waals surface area (Å²) in [4.78, 5) is 19.5. The van der Waals surface area contributed by atoms with Gasteiger partial charge in [-0.05, 0) is 37.8 Å². The van der Waals surface area contributed by atoms with Crippen LogP contribution in [0.5, 0.6) is 0 Å². The Balaban J connectivity index is 1.35. The lowest BCUT2D eigenvalue weighted by atomic mass is 9.95. The third-order valence-electron chi connectivity index (χ3n) is 5.97. The van der Waals surface area contributed by atoms with E-state index in [1.54, 1.807) is 11.3 Å². The van der Waals surface area contributed by atoms with Crippen molar-refractivity contribution in [3.63, 3.8) is 0 Å². The largest absolute Gasteiger partial charge is 0.296 e. The Morgan fingerprint density at radius 1 is 1.04 bits per heavy atom. The standard InChI is InChI=1S/C21H25N5S/c1-15-21(24-20-5-3-2-4-19(20)23-15)12-26-9-16-6-7-18(26)11-25(8-16)10-17-13-27-14-22-17/h2-5,13-14,16,18H,6-12H2,1H3/t16-,18+/m0/s1. The Morgan fingerprint density at radius 2 is 1.89 bits per heavy atom. The number of nitrogens with zero attached hydrogens (tertiary/aromatic N) is 5. The SMILES string of the molecule is Cc1nc2ccccc2nc1CN1C[C@H]2CC[C@@H]1CN(Cc1cscn1)C2. The molecular formula is C21H25N5S. The molecule has 0 aliphatic carbocycles. The van der Waals surface area contributed by atoms with Crippen molar-refractivity contribution in [1.29, 1.82) is 0 Å². The maximum atomic E-state index is 4.94. The molecule has 3 fully saturated rings. The summed E-state index contributed by atoms with van der Waals surface area (Å²) in [7, 11) is 0. The van der Waals surface area contributed by atoms with Gasteiger partial charge < -0.3 is 0 Å². The quantitative estimate of drug-likeness (QED) is 0.694.